The van der Waals surface area contributed by atoms with Crippen molar-refractivity contribution in [3.63, 3.8) is 0 Å². The maximum Gasteiger partial charge on any atom is 0.309 e. The molecule has 21 heavy (non-hydrogen) atoms. The molecule has 0 aliphatic heterocycles. The Hall–Kier alpha value is -1.08. The Morgan fingerprint density at radius 3 is 2.19 bits per heavy atom. The monoisotopic (exact) mass is 334 g/mol. The summed E-state index contributed by atoms with van der Waals surface area (Å²) in [6.45, 7) is 5.90. The van der Waals surface area contributed by atoms with Gasteiger partial charge >= 0.3 is 10.1 Å². The molecule has 120 valence electrons. The first-order valence-corrected chi connectivity index (χ1v) is 10.3. The van der Waals surface area contributed by atoms with Gasteiger partial charge in [-0.1, -0.05) is 19.9 Å². The van der Waals surface area contributed by atoms with Crippen molar-refractivity contribution < 1.29 is 21.0 Å². The van der Waals surface area contributed by atoms with Gasteiger partial charge in [0.05, 0.1) is 11.5 Å². The van der Waals surface area contributed by atoms with E-state index >= 15 is 0 Å². The number of sulfone groups is 1. The second-order valence-electron chi connectivity index (χ2n) is 5.56. The third-order valence-corrected chi connectivity index (χ3v) is 5.14. The van der Waals surface area contributed by atoms with E-state index in [0.717, 1.165) is 17.4 Å². The molecule has 0 spiro atoms. The zero-order valence-electron chi connectivity index (χ0n) is 12.8. The van der Waals surface area contributed by atoms with Crippen molar-refractivity contribution in [1.82, 2.24) is 0 Å². The maximum atomic E-state index is 11.9. The molecule has 0 radical (unpaired) electrons. The summed E-state index contributed by atoms with van der Waals surface area (Å²) in [5.41, 5.74) is 1.92. The fourth-order valence-corrected chi connectivity index (χ4v) is 3.67. The summed E-state index contributed by atoms with van der Waals surface area (Å²) in [4.78, 5) is 0. The zero-order valence-corrected chi connectivity index (χ0v) is 14.4. The van der Waals surface area contributed by atoms with Gasteiger partial charge in [0, 0.05) is 6.26 Å². The van der Waals surface area contributed by atoms with Crippen molar-refractivity contribution in [3.05, 3.63) is 29.3 Å². The highest BCUT2D eigenvalue weighted by Crippen LogP contribution is 2.24. The van der Waals surface area contributed by atoms with E-state index in [1.165, 1.54) is 0 Å². The molecule has 7 heteroatoms. The van der Waals surface area contributed by atoms with Gasteiger partial charge < -0.3 is 4.18 Å². The minimum atomic E-state index is -3.78. The summed E-state index contributed by atoms with van der Waals surface area (Å²) in [6.07, 6.45) is 1.11. The predicted octanol–water partition coefficient (Wildman–Crippen LogP) is 2.26. The molecule has 0 heterocycles. The average molecular weight is 334 g/mol. The summed E-state index contributed by atoms with van der Waals surface area (Å²) in [5, 5.41) is 0. The second kappa shape index (κ2) is 6.79. The molecule has 0 aromatic heterocycles. The van der Waals surface area contributed by atoms with E-state index in [-0.39, 0.29) is 29.6 Å². The summed E-state index contributed by atoms with van der Waals surface area (Å²) < 4.78 is 50.8. The summed E-state index contributed by atoms with van der Waals surface area (Å²) >= 11 is 0. The fraction of sp³-hybridized carbons (Fsp3) is 0.571. The van der Waals surface area contributed by atoms with Crippen molar-refractivity contribution in [2.45, 2.75) is 33.1 Å². The van der Waals surface area contributed by atoms with Gasteiger partial charge in [-0.2, -0.15) is 8.42 Å². The molecule has 5 nitrogen and oxygen atoms in total. The Labute approximate surface area is 127 Å². The quantitative estimate of drug-likeness (QED) is 0.715. The SMILES string of the molecule is Cc1cc(OS(=O)(=O)CCCS(C)(=O)=O)cc(C(C)C)c1. The van der Waals surface area contributed by atoms with Crippen LogP contribution in [0.4, 0.5) is 0 Å². The van der Waals surface area contributed by atoms with Crippen LogP contribution in [-0.2, 0) is 20.0 Å². The fourth-order valence-electron chi connectivity index (χ4n) is 1.84. The van der Waals surface area contributed by atoms with Gasteiger partial charge in [-0.3, -0.25) is 0 Å². The zero-order chi connectivity index (χ0) is 16.3. The molecule has 0 aliphatic carbocycles. The van der Waals surface area contributed by atoms with Crippen LogP contribution in [0.2, 0.25) is 0 Å². The van der Waals surface area contributed by atoms with Crippen molar-refractivity contribution >= 4 is 20.0 Å². The summed E-state index contributed by atoms with van der Waals surface area (Å²) in [7, 11) is -6.94. The second-order valence-corrected chi connectivity index (χ2v) is 9.51. The molecular formula is C14H22O5S2. The molecule has 0 saturated carbocycles. The van der Waals surface area contributed by atoms with Crippen LogP contribution in [0, 0.1) is 6.92 Å². The standard InChI is InChI=1S/C14H22O5S2/c1-11(2)13-8-12(3)9-14(10-13)19-21(17,18)7-5-6-20(4,15)16/h8-11H,5-7H2,1-4H3. The molecule has 1 aromatic carbocycles. The van der Waals surface area contributed by atoms with Crippen LogP contribution in [0.1, 0.15) is 37.3 Å². The number of benzene rings is 1. The van der Waals surface area contributed by atoms with Crippen LogP contribution < -0.4 is 4.18 Å². The van der Waals surface area contributed by atoms with Crippen LogP contribution in [-0.4, -0.2) is 34.6 Å². The highest BCUT2D eigenvalue weighted by atomic mass is 32.2. The van der Waals surface area contributed by atoms with Gasteiger partial charge in [-0.15, -0.1) is 0 Å². The van der Waals surface area contributed by atoms with Gasteiger partial charge in [0.2, 0.25) is 0 Å². The normalized spacial score (nSPS) is 12.6. The Balaban J connectivity index is 2.80. The third kappa shape index (κ3) is 6.95. The highest BCUT2D eigenvalue weighted by Gasteiger charge is 2.15. The van der Waals surface area contributed by atoms with Crippen LogP contribution in [0.5, 0.6) is 5.75 Å². The third-order valence-electron chi connectivity index (χ3n) is 2.87. The molecule has 0 aliphatic rings. The first kappa shape index (κ1) is 18.0. The Morgan fingerprint density at radius 1 is 1.05 bits per heavy atom. The molecular weight excluding hydrogens is 312 g/mol. The largest absolute Gasteiger partial charge is 0.382 e. The predicted molar refractivity (Wildman–Crippen MR) is 84.0 cm³/mol. The summed E-state index contributed by atoms with van der Waals surface area (Å²) in [6, 6.07) is 5.33. The Bertz CT molecular complexity index is 688. The van der Waals surface area contributed by atoms with Gasteiger partial charge in [-0.05, 0) is 42.5 Å². The van der Waals surface area contributed by atoms with E-state index in [2.05, 4.69) is 0 Å². The lowest BCUT2D eigenvalue weighted by Gasteiger charge is -2.11. The molecule has 0 atom stereocenters. The lowest BCUT2D eigenvalue weighted by molar-refractivity contribution is 0.484. The summed E-state index contributed by atoms with van der Waals surface area (Å²) in [5.74, 6) is 0.0596. The Kier molecular flexibility index (Phi) is 5.81. The van der Waals surface area contributed by atoms with Gasteiger partial charge in [0.15, 0.2) is 0 Å². The average Bonchev–Trinajstić information content (AvgIpc) is 2.24. The van der Waals surface area contributed by atoms with Crippen molar-refractivity contribution in [2.75, 3.05) is 17.8 Å². The number of rotatable bonds is 7. The van der Waals surface area contributed by atoms with Gasteiger partial charge in [0.25, 0.3) is 0 Å². The van der Waals surface area contributed by atoms with E-state index < -0.39 is 20.0 Å². The minimum absolute atomic E-state index is 0.0318. The van der Waals surface area contributed by atoms with Crippen LogP contribution in [0.3, 0.4) is 0 Å². The van der Waals surface area contributed by atoms with E-state index in [0.29, 0.717) is 0 Å². The molecule has 0 N–H and O–H groups in total. The molecule has 0 amide bonds. The first-order valence-electron chi connectivity index (χ1n) is 6.70. The lowest BCUT2D eigenvalue weighted by Crippen LogP contribution is -2.17. The lowest BCUT2D eigenvalue weighted by atomic mass is 10.0. The minimum Gasteiger partial charge on any atom is -0.382 e. The van der Waals surface area contributed by atoms with Crippen molar-refractivity contribution in [2.24, 2.45) is 0 Å². The van der Waals surface area contributed by atoms with Crippen LogP contribution in [0.25, 0.3) is 0 Å². The maximum absolute atomic E-state index is 11.9. The van der Waals surface area contributed by atoms with Crippen LogP contribution >= 0.6 is 0 Å². The van der Waals surface area contributed by atoms with Gasteiger partial charge in [0.1, 0.15) is 15.6 Å². The van der Waals surface area contributed by atoms with Crippen molar-refractivity contribution in [1.29, 1.82) is 0 Å². The first-order chi connectivity index (χ1) is 9.48. The molecule has 1 aromatic rings. The smallest absolute Gasteiger partial charge is 0.309 e. The number of hydrogen-bond donors (Lipinski definition) is 0. The molecule has 0 bridgehead atoms. The Morgan fingerprint density at radius 2 is 1.67 bits per heavy atom. The van der Waals surface area contributed by atoms with E-state index in [1.54, 1.807) is 12.1 Å². The molecule has 0 fully saturated rings. The molecule has 0 unspecified atom stereocenters. The van der Waals surface area contributed by atoms with Crippen molar-refractivity contribution in [3.8, 4) is 5.75 Å². The molecule has 0 saturated heterocycles. The van der Waals surface area contributed by atoms with Gasteiger partial charge in [-0.25, -0.2) is 8.42 Å². The topological polar surface area (TPSA) is 77.5 Å². The number of hydrogen-bond acceptors (Lipinski definition) is 5. The van der Waals surface area contributed by atoms with Crippen LogP contribution in [0.15, 0.2) is 18.2 Å². The highest BCUT2D eigenvalue weighted by molar-refractivity contribution is 7.90. The van der Waals surface area contributed by atoms with E-state index in [1.807, 2.05) is 26.8 Å². The van der Waals surface area contributed by atoms with E-state index in [4.69, 9.17) is 4.18 Å². The number of aryl methyl sites for hydroxylation is 1. The molecule has 1 rings (SSSR count). The van der Waals surface area contributed by atoms with E-state index in [9.17, 15) is 16.8 Å².